The van der Waals surface area contributed by atoms with E-state index in [4.69, 9.17) is 5.11 Å². The fraction of sp³-hybridized carbons (Fsp3) is 0.143. The van der Waals surface area contributed by atoms with Crippen LogP contribution in [0.15, 0.2) is 34.5 Å². The van der Waals surface area contributed by atoms with E-state index in [1.807, 2.05) is 11.4 Å². The van der Waals surface area contributed by atoms with E-state index in [0.717, 1.165) is 16.5 Å². The molecule has 0 spiro atoms. The van der Waals surface area contributed by atoms with E-state index in [9.17, 15) is 8.78 Å². The molecule has 1 aromatic carbocycles. The van der Waals surface area contributed by atoms with Crippen LogP contribution in [0, 0.1) is 23.5 Å². The molecule has 0 amide bonds. The van der Waals surface area contributed by atoms with E-state index in [1.54, 1.807) is 17.4 Å². The van der Waals surface area contributed by atoms with Crippen LogP contribution in [-0.2, 0) is 5.75 Å². The molecular formula is C14H10F2OS2. The van der Waals surface area contributed by atoms with Gasteiger partial charge < -0.3 is 5.11 Å². The van der Waals surface area contributed by atoms with Gasteiger partial charge >= 0.3 is 0 Å². The predicted molar refractivity (Wildman–Crippen MR) is 74.2 cm³/mol. The number of aliphatic hydroxyl groups excluding tert-OH is 1. The zero-order valence-corrected chi connectivity index (χ0v) is 11.5. The van der Waals surface area contributed by atoms with Gasteiger partial charge in [0.15, 0.2) is 11.6 Å². The lowest BCUT2D eigenvalue weighted by Crippen LogP contribution is -1.83. The highest BCUT2D eigenvalue weighted by molar-refractivity contribution is 7.98. The molecule has 0 saturated carbocycles. The Bertz CT molecular complexity index is 626. The third kappa shape index (κ3) is 4.06. The van der Waals surface area contributed by atoms with E-state index >= 15 is 0 Å². The molecule has 0 atom stereocenters. The number of rotatable bonds is 3. The van der Waals surface area contributed by atoms with Crippen molar-refractivity contribution in [1.82, 2.24) is 0 Å². The van der Waals surface area contributed by atoms with Gasteiger partial charge in [0.2, 0.25) is 0 Å². The average Bonchev–Trinajstić information content (AvgIpc) is 2.86. The summed E-state index contributed by atoms with van der Waals surface area (Å²) in [6, 6.07) is 5.81. The maximum absolute atomic E-state index is 13.0. The quantitative estimate of drug-likeness (QED) is 0.689. The molecule has 5 heteroatoms. The number of hydrogen-bond acceptors (Lipinski definition) is 3. The number of thiophene rings is 1. The molecule has 1 nitrogen and oxygen atoms in total. The van der Waals surface area contributed by atoms with Crippen molar-refractivity contribution in [2.24, 2.45) is 0 Å². The zero-order chi connectivity index (χ0) is 13.7. The van der Waals surface area contributed by atoms with Crippen molar-refractivity contribution >= 4 is 23.1 Å². The lowest BCUT2D eigenvalue weighted by atomic mass is 10.3. The summed E-state index contributed by atoms with van der Waals surface area (Å²) in [4.78, 5) is 1.78. The van der Waals surface area contributed by atoms with Gasteiger partial charge in [0.25, 0.3) is 0 Å². The van der Waals surface area contributed by atoms with Crippen LogP contribution in [-0.4, -0.2) is 11.7 Å². The Hall–Kier alpha value is -1.35. The monoisotopic (exact) mass is 296 g/mol. The van der Waals surface area contributed by atoms with Gasteiger partial charge in [0, 0.05) is 26.5 Å². The Labute approximate surface area is 118 Å². The minimum absolute atomic E-state index is 0.158. The van der Waals surface area contributed by atoms with Crippen molar-refractivity contribution in [3.8, 4) is 11.8 Å². The molecule has 0 aliphatic heterocycles. The Morgan fingerprint density at radius 2 is 2.05 bits per heavy atom. The molecule has 0 unspecified atom stereocenters. The zero-order valence-electron chi connectivity index (χ0n) is 9.82. The van der Waals surface area contributed by atoms with Crippen molar-refractivity contribution in [2.75, 3.05) is 6.61 Å². The van der Waals surface area contributed by atoms with Crippen LogP contribution in [0.2, 0.25) is 0 Å². The molecule has 2 aromatic rings. The highest BCUT2D eigenvalue weighted by atomic mass is 32.2. The molecule has 0 aliphatic rings. The largest absolute Gasteiger partial charge is 0.384 e. The molecule has 2 rings (SSSR count). The Morgan fingerprint density at radius 3 is 2.79 bits per heavy atom. The van der Waals surface area contributed by atoms with Gasteiger partial charge in [0.1, 0.15) is 6.61 Å². The van der Waals surface area contributed by atoms with E-state index in [2.05, 4.69) is 11.8 Å². The van der Waals surface area contributed by atoms with Gasteiger partial charge in [0.05, 0.1) is 0 Å². The lowest BCUT2D eigenvalue weighted by molar-refractivity contribution is 0.350. The number of hydrogen-bond donors (Lipinski definition) is 1. The summed E-state index contributed by atoms with van der Waals surface area (Å²) in [5.41, 5.74) is 0.861. The fourth-order valence-electron chi connectivity index (χ4n) is 1.38. The molecule has 0 saturated heterocycles. The third-order valence-corrected chi connectivity index (χ3v) is 4.40. The summed E-state index contributed by atoms with van der Waals surface area (Å²) in [6.45, 7) is -0.158. The molecule has 0 radical (unpaired) electrons. The first-order valence-electron chi connectivity index (χ1n) is 5.44. The minimum Gasteiger partial charge on any atom is -0.384 e. The molecule has 1 aromatic heterocycles. The normalized spacial score (nSPS) is 10.1. The molecular weight excluding hydrogens is 286 g/mol. The first-order chi connectivity index (χ1) is 9.19. The highest BCUT2D eigenvalue weighted by Crippen LogP contribution is 2.27. The van der Waals surface area contributed by atoms with Gasteiger partial charge in [-0.25, -0.2) is 8.78 Å². The van der Waals surface area contributed by atoms with E-state index in [0.29, 0.717) is 10.6 Å². The van der Waals surface area contributed by atoms with Gasteiger partial charge in [-0.05, 0) is 24.3 Å². The van der Waals surface area contributed by atoms with Crippen LogP contribution in [0.25, 0.3) is 0 Å². The molecule has 19 heavy (non-hydrogen) atoms. The maximum Gasteiger partial charge on any atom is 0.159 e. The van der Waals surface area contributed by atoms with Gasteiger partial charge in [-0.15, -0.1) is 23.1 Å². The van der Waals surface area contributed by atoms with Crippen molar-refractivity contribution < 1.29 is 13.9 Å². The molecule has 1 heterocycles. The topological polar surface area (TPSA) is 20.2 Å². The maximum atomic E-state index is 13.0. The van der Waals surface area contributed by atoms with Crippen LogP contribution in [0.4, 0.5) is 8.78 Å². The number of halogens is 2. The van der Waals surface area contributed by atoms with Gasteiger partial charge in [-0.1, -0.05) is 11.8 Å². The summed E-state index contributed by atoms with van der Waals surface area (Å²) in [5, 5.41) is 10.5. The first-order valence-corrected chi connectivity index (χ1v) is 7.30. The second kappa shape index (κ2) is 6.71. The third-order valence-electron chi connectivity index (χ3n) is 2.24. The Morgan fingerprint density at radius 1 is 1.21 bits per heavy atom. The van der Waals surface area contributed by atoms with Crippen molar-refractivity contribution in [3.63, 3.8) is 0 Å². The molecule has 0 fully saturated rings. The SMILES string of the molecule is OCC#Cc1csc(CSc2ccc(F)c(F)c2)c1. The van der Waals surface area contributed by atoms with Crippen molar-refractivity contribution in [3.05, 3.63) is 51.7 Å². The second-order valence-electron chi connectivity index (χ2n) is 3.63. The smallest absolute Gasteiger partial charge is 0.159 e. The lowest BCUT2D eigenvalue weighted by Gasteiger charge is -2.00. The number of aliphatic hydroxyl groups is 1. The van der Waals surface area contributed by atoms with Crippen LogP contribution in [0.3, 0.4) is 0 Å². The van der Waals surface area contributed by atoms with E-state index < -0.39 is 11.6 Å². The minimum atomic E-state index is -0.831. The van der Waals surface area contributed by atoms with Crippen LogP contribution in [0.5, 0.6) is 0 Å². The highest BCUT2D eigenvalue weighted by Gasteiger charge is 2.04. The summed E-state index contributed by atoms with van der Waals surface area (Å²) in [5.74, 6) is 4.42. The van der Waals surface area contributed by atoms with Crippen molar-refractivity contribution in [1.29, 1.82) is 0 Å². The Balaban J connectivity index is 1.98. The second-order valence-corrected chi connectivity index (χ2v) is 5.67. The first kappa shape index (κ1) is 14.1. The van der Waals surface area contributed by atoms with Gasteiger partial charge in [-0.2, -0.15) is 0 Å². The number of benzene rings is 1. The van der Waals surface area contributed by atoms with Gasteiger partial charge in [-0.3, -0.25) is 0 Å². The van der Waals surface area contributed by atoms with Crippen LogP contribution >= 0.6 is 23.1 Å². The van der Waals surface area contributed by atoms with Crippen molar-refractivity contribution in [2.45, 2.75) is 10.6 Å². The van der Waals surface area contributed by atoms with Crippen LogP contribution < -0.4 is 0 Å². The summed E-state index contributed by atoms with van der Waals surface area (Å²) < 4.78 is 25.8. The van der Waals surface area contributed by atoms with E-state index in [-0.39, 0.29) is 6.61 Å². The Kier molecular flexibility index (Phi) is 4.97. The molecule has 98 valence electrons. The molecule has 0 aliphatic carbocycles. The fourth-order valence-corrected chi connectivity index (χ4v) is 3.18. The molecule has 0 bridgehead atoms. The summed E-state index contributed by atoms with van der Waals surface area (Å²) in [7, 11) is 0. The van der Waals surface area contributed by atoms with Crippen LogP contribution in [0.1, 0.15) is 10.4 Å². The number of thioether (sulfide) groups is 1. The van der Waals surface area contributed by atoms with E-state index in [1.165, 1.54) is 17.8 Å². The summed E-state index contributed by atoms with van der Waals surface area (Å²) >= 11 is 2.99. The molecule has 1 N–H and O–H groups in total. The predicted octanol–water partition coefficient (Wildman–Crippen LogP) is 3.66. The average molecular weight is 296 g/mol. The summed E-state index contributed by atoms with van der Waals surface area (Å²) in [6.07, 6.45) is 0. The standard InChI is InChI=1S/C14H10F2OS2/c15-13-4-3-11(7-14(13)16)19-9-12-6-10(8-18-12)2-1-5-17/h3-4,6-8,17H,5,9H2.